The van der Waals surface area contributed by atoms with Crippen LogP contribution in [0.5, 0.6) is 0 Å². The van der Waals surface area contributed by atoms with Crippen LogP contribution >= 0.6 is 0 Å². The number of amides is 1. The lowest BCUT2D eigenvalue weighted by molar-refractivity contribution is -0.119. The topological polar surface area (TPSA) is 119 Å². The van der Waals surface area contributed by atoms with Crippen LogP contribution < -0.4 is 21.1 Å². The number of nitrogen functional groups attached to an aromatic ring is 1. The Hall–Kier alpha value is -1.80. The molecule has 1 aromatic rings. The number of piperidine rings is 1. The second-order valence-corrected chi connectivity index (χ2v) is 6.73. The minimum atomic E-state index is -3.83. The molecule has 1 aromatic carbocycles. The first-order valence-corrected chi connectivity index (χ1v) is 8.27. The summed E-state index contributed by atoms with van der Waals surface area (Å²) in [4.78, 5) is 13.0. The summed E-state index contributed by atoms with van der Waals surface area (Å²) in [6.45, 7) is 2.90. The summed E-state index contributed by atoms with van der Waals surface area (Å²) < 4.78 is 23.0. The van der Waals surface area contributed by atoms with Crippen LogP contribution in [0, 0.1) is 0 Å². The second-order valence-electron chi connectivity index (χ2n) is 5.20. The van der Waals surface area contributed by atoms with Gasteiger partial charge in [0.1, 0.15) is 4.90 Å². The summed E-state index contributed by atoms with van der Waals surface area (Å²) in [6, 6.07) is 4.97. The van der Waals surface area contributed by atoms with E-state index in [9.17, 15) is 13.2 Å². The number of rotatable bonds is 3. The van der Waals surface area contributed by atoms with Crippen LogP contribution in [0.2, 0.25) is 0 Å². The Morgan fingerprint density at radius 3 is 2.48 bits per heavy atom. The largest absolute Gasteiger partial charge is 0.396 e. The number of carbonyl (C=O) groups is 1. The standard InChI is InChI=1S/C13H20N4O3S/c1-9(18)16-10-5-7-17(8-6-10)11-3-2-4-12(13(11)14)21(15,19)20/h2-4,10H,5-8,14H2,1H3,(H,16,18)(H2,15,19,20). The van der Waals surface area contributed by atoms with Crippen LogP contribution in [0.1, 0.15) is 19.8 Å². The molecule has 21 heavy (non-hydrogen) atoms. The molecule has 1 aliphatic heterocycles. The van der Waals surface area contributed by atoms with E-state index in [1.54, 1.807) is 12.1 Å². The van der Waals surface area contributed by atoms with Gasteiger partial charge in [0, 0.05) is 26.1 Å². The minimum absolute atomic E-state index is 0.0378. The number of carbonyl (C=O) groups excluding carboxylic acids is 1. The maximum absolute atomic E-state index is 11.5. The highest BCUT2D eigenvalue weighted by Crippen LogP contribution is 2.30. The first-order chi connectivity index (χ1) is 9.79. The summed E-state index contributed by atoms with van der Waals surface area (Å²) in [7, 11) is -3.83. The molecule has 0 unspecified atom stereocenters. The quantitative estimate of drug-likeness (QED) is 0.680. The molecule has 1 heterocycles. The van der Waals surface area contributed by atoms with Crippen LogP contribution in [-0.2, 0) is 14.8 Å². The molecule has 0 aliphatic carbocycles. The third-order valence-electron chi connectivity index (χ3n) is 3.59. The number of nitrogens with zero attached hydrogens (tertiary/aromatic N) is 1. The fourth-order valence-corrected chi connectivity index (χ4v) is 3.29. The van der Waals surface area contributed by atoms with Crippen molar-refractivity contribution < 1.29 is 13.2 Å². The molecule has 116 valence electrons. The van der Waals surface area contributed by atoms with Crippen molar-refractivity contribution >= 4 is 27.3 Å². The fourth-order valence-electron chi connectivity index (χ4n) is 2.61. The first kappa shape index (κ1) is 15.6. The molecule has 0 radical (unpaired) electrons. The van der Waals surface area contributed by atoms with Crippen molar-refractivity contribution in [2.45, 2.75) is 30.7 Å². The summed E-state index contributed by atoms with van der Waals surface area (Å²) in [6.07, 6.45) is 1.58. The van der Waals surface area contributed by atoms with E-state index in [2.05, 4.69) is 5.32 Å². The molecule has 0 aromatic heterocycles. The van der Waals surface area contributed by atoms with Crippen molar-refractivity contribution in [1.29, 1.82) is 0 Å². The molecule has 1 amide bonds. The SMILES string of the molecule is CC(=O)NC1CCN(c2cccc(S(N)(=O)=O)c2N)CC1. The zero-order valence-corrected chi connectivity index (χ0v) is 12.7. The lowest BCUT2D eigenvalue weighted by Crippen LogP contribution is -2.44. The Morgan fingerprint density at radius 1 is 1.33 bits per heavy atom. The summed E-state index contributed by atoms with van der Waals surface area (Å²) in [5.74, 6) is -0.0378. The molecule has 1 aliphatic rings. The number of benzene rings is 1. The zero-order valence-electron chi connectivity index (χ0n) is 11.9. The van der Waals surface area contributed by atoms with Gasteiger partial charge in [0.05, 0.1) is 11.4 Å². The molecule has 0 atom stereocenters. The predicted molar refractivity (Wildman–Crippen MR) is 81.3 cm³/mol. The van der Waals surface area contributed by atoms with Crippen LogP contribution in [0.15, 0.2) is 23.1 Å². The normalized spacial score (nSPS) is 16.8. The smallest absolute Gasteiger partial charge is 0.240 e. The van der Waals surface area contributed by atoms with Gasteiger partial charge in [0.2, 0.25) is 15.9 Å². The highest BCUT2D eigenvalue weighted by Gasteiger charge is 2.23. The maximum Gasteiger partial charge on any atom is 0.240 e. The molecule has 8 heteroatoms. The van der Waals surface area contributed by atoms with E-state index in [1.165, 1.54) is 13.0 Å². The molecule has 1 fully saturated rings. The number of hydrogen-bond acceptors (Lipinski definition) is 5. The third-order valence-corrected chi connectivity index (χ3v) is 4.56. The summed E-state index contributed by atoms with van der Waals surface area (Å²) >= 11 is 0. The fraction of sp³-hybridized carbons (Fsp3) is 0.462. The van der Waals surface area contributed by atoms with Crippen molar-refractivity contribution in [2.75, 3.05) is 23.7 Å². The number of nitrogens with two attached hydrogens (primary N) is 2. The number of anilines is 2. The Bertz CT molecular complexity index is 637. The highest BCUT2D eigenvalue weighted by atomic mass is 32.2. The lowest BCUT2D eigenvalue weighted by Gasteiger charge is -2.34. The monoisotopic (exact) mass is 312 g/mol. The molecule has 0 saturated carbocycles. The van der Waals surface area contributed by atoms with E-state index in [0.29, 0.717) is 18.8 Å². The van der Waals surface area contributed by atoms with Crippen LogP contribution in [0.25, 0.3) is 0 Å². The zero-order chi connectivity index (χ0) is 15.6. The van der Waals surface area contributed by atoms with Crippen LogP contribution in [-0.4, -0.2) is 33.5 Å². The van der Waals surface area contributed by atoms with Gasteiger partial charge in [0.25, 0.3) is 0 Å². The third kappa shape index (κ3) is 3.64. The number of hydrogen-bond donors (Lipinski definition) is 3. The van der Waals surface area contributed by atoms with Gasteiger partial charge in [-0.1, -0.05) is 6.07 Å². The van der Waals surface area contributed by atoms with Gasteiger partial charge >= 0.3 is 0 Å². The first-order valence-electron chi connectivity index (χ1n) is 6.72. The molecule has 5 N–H and O–H groups in total. The Kier molecular flexibility index (Phi) is 4.38. The van der Waals surface area contributed by atoms with Crippen molar-refractivity contribution in [1.82, 2.24) is 5.32 Å². The van der Waals surface area contributed by atoms with Gasteiger partial charge in [-0.2, -0.15) is 0 Å². The van der Waals surface area contributed by atoms with Crippen molar-refractivity contribution in [3.05, 3.63) is 18.2 Å². The second kappa shape index (κ2) is 5.90. The van der Waals surface area contributed by atoms with E-state index in [-0.39, 0.29) is 22.5 Å². The molecule has 0 spiro atoms. The van der Waals surface area contributed by atoms with Crippen LogP contribution in [0.3, 0.4) is 0 Å². The molecular weight excluding hydrogens is 292 g/mol. The van der Waals surface area contributed by atoms with Gasteiger partial charge in [-0.15, -0.1) is 0 Å². The van der Waals surface area contributed by atoms with E-state index in [4.69, 9.17) is 10.9 Å². The van der Waals surface area contributed by atoms with E-state index < -0.39 is 10.0 Å². The summed E-state index contributed by atoms with van der Waals surface area (Å²) in [5, 5.41) is 8.05. The molecule has 1 saturated heterocycles. The van der Waals surface area contributed by atoms with Gasteiger partial charge in [0.15, 0.2) is 0 Å². The van der Waals surface area contributed by atoms with E-state index in [1.807, 2.05) is 4.90 Å². The molecule has 0 bridgehead atoms. The van der Waals surface area contributed by atoms with Gasteiger partial charge in [-0.25, -0.2) is 13.6 Å². The number of nitrogens with one attached hydrogen (secondary N) is 1. The Balaban J connectivity index is 2.16. The maximum atomic E-state index is 11.5. The number of para-hydroxylation sites is 1. The average Bonchev–Trinajstić information content (AvgIpc) is 2.38. The lowest BCUT2D eigenvalue weighted by atomic mass is 10.0. The van der Waals surface area contributed by atoms with Crippen molar-refractivity contribution in [3.8, 4) is 0 Å². The molecule has 2 rings (SSSR count). The Morgan fingerprint density at radius 2 is 1.95 bits per heavy atom. The van der Waals surface area contributed by atoms with Gasteiger partial charge in [-0.3, -0.25) is 4.79 Å². The van der Waals surface area contributed by atoms with Crippen molar-refractivity contribution in [2.24, 2.45) is 5.14 Å². The molecular formula is C13H20N4O3S. The minimum Gasteiger partial charge on any atom is -0.396 e. The van der Waals surface area contributed by atoms with Gasteiger partial charge in [-0.05, 0) is 25.0 Å². The summed E-state index contributed by atoms with van der Waals surface area (Å²) in [5.41, 5.74) is 6.79. The van der Waals surface area contributed by atoms with Gasteiger partial charge < -0.3 is 16.0 Å². The number of sulfonamides is 1. The van der Waals surface area contributed by atoms with Crippen molar-refractivity contribution in [3.63, 3.8) is 0 Å². The highest BCUT2D eigenvalue weighted by molar-refractivity contribution is 7.89. The number of primary sulfonamides is 1. The van der Waals surface area contributed by atoms with E-state index in [0.717, 1.165) is 12.8 Å². The molecule has 7 nitrogen and oxygen atoms in total. The predicted octanol–water partition coefficient (Wildman–Crippen LogP) is 0.0211. The van der Waals surface area contributed by atoms with E-state index >= 15 is 0 Å². The van der Waals surface area contributed by atoms with Crippen LogP contribution in [0.4, 0.5) is 11.4 Å². The Labute approximate surface area is 124 Å². The average molecular weight is 312 g/mol.